The van der Waals surface area contributed by atoms with Crippen molar-refractivity contribution in [2.75, 3.05) is 13.7 Å². The largest absolute Gasteiger partial charge is 0.394 e. The van der Waals surface area contributed by atoms with Gasteiger partial charge in [0.05, 0.1) is 23.4 Å². The molecule has 0 radical (unpaired) electrons. The predicted octanol–water partition coefficient (Wildman–Crippen LogP) is 1.77. The van der Waals surface area contributed by atoms with Crippen LogP contribution in [0.3, 0.4) is 0 Å². The molecule has 0 aliphatic heterocycles. The van der Waals surface area contributed by atoms with Crippen LogP contribution < -0.4 is 5.32 Å². The third-order valence-electron chi connectivity index (χ3n) is 3.01. The van der Waals surface area contributed by atoms with Gasteiger partial charge in [-0.3, -0.25) is 4.68 Å². The van der Waals surface area contributed by atoms with E-state index < -0.39 is 0 Å². The van der Waals surface area contributed by atoms with Gasteiger partial charge in [0.25, 0.3) is 0 Å². The topological polar surface area (TPSA) is 50.1 Å². The van der Waals surface area contributed by atoms with Gasteiger partial charge in [-0.1, -0.05) is 11.6 Å². The Kier molecular flexibility index (Phi) is 4.35. The molecule has 4 nitrogen and oxygen atoms in total. The van der Waals surface area contributed by atoms with E-state index in [1.54, 1.807) is 0 Å². The molecule has 0 saturated heterocycles. The lowest BCUT2D eigenvalue weighted by Crippen LogP contribution is -2.45. The van der Waals surface area contributed by atoms with Crippen molar-refractivity contribution >= 4 is 11.6 Å². The number of aryl methyl sites for hydroxylation is 1. The maximum Gasteiger partial charge on any atom is 0.0815 e. The molecule has 1 heterocycles. The highest BCUT2D eigenvalue weighted by Gasteiger charge is 2.25. The summed E-state index contributed by atoms with van der Waals surface area (Å²) in [5.74, 6) is 0. The molecule has 1 aromatic heterocycles. The summed E-state index contributed by atoms with van der Waals surface area (Å²) in [6, 6.07) is 0.191. The van der Waals surface area contributed by atoms with E-state index in [0.29, 0.717) is 5.02 Å². The van der Waals surface area contributed by atoms with Crippen molar-refractivity contribution in [3.05, 3.63) is 16.9 Å². The van der Waals surface area contributed by atoms with Crippen molar-refractivity contribution in [1.82, 2.24) is 15.1 Å². The molecular formula is C11H20ClN3O. The smallest absolute Gasteiger partial charge is 0.0815 e. The number of nitrogens with one attached hydrogen (secondary N) is 1. The zero-order chi connectivity index (χ0) is 12.3. The number of halogens is 1. The molecular weight excluding hydrogens is 226 g/mol. The van der Waals surface area contributed by atoms with Crippen LogP contribution in [-0.2, 0) is 0 Å². The van der Waals surface area contributed by atoms with Crippen molar-refractivity contribution in [2.24, 2.45) is 0 Å². The van der Waals surface area contributed by atoms with Crippen LogP contribution in [-0.4, -0.2) is 34.1 Å². The number of aromatic nitrogens is 2. The maximum absolute atomic E-state index is 9.32. The molecule has 0 spiro atoms. The highest BCUT2D eigenvalue weighted by molar-refractivity contribution is 6.31. The van der Waals surface area contributed by atoms with Gasteiger partial charge in [-0.25, -0.2) is 0 Å². The van der Waals surface area contributed by atoms with Gasteiger partial charge >= 0.3 is 0 Å². The number of hydrogen-bond donors (Lipinski definition) is 2. The van der Waals surface area contributed by atoms with Gasteiger partial charge < -0.3 is 10.4 Å². The van der Waals surface area contributed by atoms with Crippen molar-refractivity contribution in [3.8, 4) is 0 Å². The molecule has 2 unspecified atom stereocenters. The Labute approximate surface area is 102 Å². The highest BCUT2D eigenvalue weighted by atomic mass is 35.5. The van der Waals surface area contributed by atoms with E-state index in [-0.39, 0.29) is 18.2 Å². The summed E-state index contributed by atoms with van der Waals surface area (Å²) in [4.78, 5) is 0. The molecule has 0 saturated carbocycles. The average molecular weight is 246 g/mol. The van der Waals surface area contributed by atoms with Crippen LogP contribution in [0.4, 0.5) is 0 Å². The summed E-state index contributed by atoms with van der Waals surface area (Å²) < 4.78 is 1.85. The third-order valence-corrected chi connectivity index (χ3v) is 3.38. The molecule has 2 N–H and O–H groups in total. The van der Waals surface area contributed by atoms with Crippen LogP contribution in [0.2, 0.25) is 5.02 Å². The molecule has 1 aromatic rings. The second kappa shape index (κ2) is 5.17. The highest BCUT2D eigenvalue weighted by Crippen LogP contribution is 2.22. The van der Waals surface area contributed by atoms with E-state index in [4.69, 9.17) is 11.6 Å². The Hall–Kier alpha value is -0.580. The average Bonchev–Trinajstić information content (AvgIpc) is 2.59. The molecule has 92 valence electrons. The quantitative estimate of drug-likeness (QED) is 0.831. The minimum absolute atomic E-state index is 0.0990. The predicted molar refractivity (Wildman–Crippen MR) is 65.9 cm³/mol. The summed E-state index contributed by atoms with van der Waals surface area (Å²) in [5, 5.41) is 17.5. The summed E-state index contributed by atoms with van der Waals surface area (Å²) in [7, 11) is 1.85. The molecule has 0 aromatic carbocycles. The Morgan fingerprint density at radius 3 is 2.69 bits per heavy atom. The fourth-order valence-electron chi connectivity index (χ4n) is 1.68. The van der Waals surface area contributed by atoms with Crippen LogP contribution in [0.25, 0.3) is 0 Å². The first-order valence-corrected chi connectivity index (χ1v) is 5.80. The fourth-order valence-corrected chi connectivity index (χ4v) is 1.81. The van der Waals surface area contributed by atoms with Gasteiger partial charge in [0.2, 0.25) is 0 Å². The van der Waals surface area contributed by atoms with E-state index in [1.807, 2.05) is 31.8 Å². The first-order valence-electron chi connectivity index (χ1n) is 5.43. The summed E-state index contributed by atoms with van der Waals surface area (Å²) in [5.41, 5.74) is 0.551. The minimum Gasteiger partial charge on any atom is -0.394 e. The normalized spacial score (nSPS) is 17.1. The Morgan fingerprint density at radius 2 is 2.31 bits per heavy atom. The van der Waals surface area contributed by atoms with E-state index >= 15 is 0 Å². The lowest BCUT2D eigenvalue weighted by atomic mass is 9.95. The Morgan fingerprint density at radius 1 is 1.69 bits per heavy atom. The second-order valence-corrected chi connectivity index (χ2v) is 4.97. The van der Waals surface area contributed by atoms with Gasteiger partial charge in [-0.15, -0.1) is 0 Å². The lowest BCUT2D eigenvalue weighted by Gasteiger charge is -2.30. The fraction of sp³-hybridized carbons (Fsp3) is 0.727. The number of hydrogen-bond acceptors (Lipinski definition) is 3. The van der Waals surface area contributed by atoms with E-state index in [9.17, 15) is 5.11 Å². The molecule has 5 heteroatoms. The van der Waals surface area contributed by atoms with Crippen molar-refractivity contribution in [2.45, 2.75) is 38.8 Å². The van der Waals surface area contributed by atoms with Crippen molar-refractivity contribution in [1.29, 1.82) is 0 Å². The SMILES string of the molecule is CNC(C)(CO)CC(C)n1cc(Cl)c(C)n1. The van der Waals surface area contributed by atoms with Crippen LogP contribution in [0, 0.1) is 6.92 Å². The van der Waals surface area contributed by atoms with E-state index in [0.717, 1.165) is 12.1 Å². The number of nitrogens with zero attached hydrogens (tertiary/aromatic N) is 2. The summed E-state index contributed by atoms with van der Waals surface area (Å²) in [6.07, 6.45) is 2.62. The standard InChI is InChI=1S/C11H20ClN3O/c1-8(5-11(3,7-16)13-4)15-6-10(12)9(2)14-15/h6,8,13,16H,5,7H2,1-4H3. The van der Waals surface area contributed by atoms with Crippen LogP contribution in [0.5, 0.6) is 0 Å². The van der Waals surface area contributed by atoms with Gasteiger partial charge in [-0.2, -0.15) is 5.10 Å². The van der Waals surface area contributed by atoms with Gasteiger partial charge in [-0.05, 0) is 34.2 Å². The molecule has 0 bridgehead atoms. The van der Waals surface area contributed by atoms with Gasteiger partial charge in [0.15, 0.2) is 0 Å². The third kappa shape index (κ3) is 2.97. The molecule has 0 amide bonds. The first kappa shape index (κ1) is 13.5. The minimum atomic E-state index is -0.286. The number of aliphatic hydroxyl groups is 1. The molecule has 0 aliphatic rings. The first-order chi connectivity index (χ1) is 7.41. The summed E-state index contributed by atoms with van der Waals surface area (Å²) >= 11 is 5.96. The van der Waals surface area contributed by atoms with Crippen LogP contribution >= 0.6 is 11.6 Å². The lowest BCUT2D eigenvalue weighted by molar-refractivity contribution is 0.156. The van der Waals surface area contributed by atoms with Crippen molar-refractivity contribution < 1.29 is 5.11 Å². The second-order valence-electron chi connectivity index (χ2n) is 4.56. The van der Waals surface area contributed by atoms with E-state index in [1.165, 1.54) is 0 Å². The van der Waals surface area contributed by atoms with Crippen LogP contribution in [0.15, 0.2) is 6.20 Å². The molecule has 0 aliphatic carbocycles. The summed E-state index contributed by atoms with van der Waals surface area (Å²) in [6.45, 7) is 6.03. The number of aliphatic hydroxyl groups excluding tert-OH is 1. The monoisotopic (exact) mass is 245 g/mol. The van der Waals surface area contributed by atoms with Crippen molar-refractivity contribution in [3.63, 3.8) is 0 Å². The maximum atomic E-state index is 9.32. The molecule has 0 fully saturated rings. The molecule has 16 heavy (non-hydrogen) atoms. The van der Waals surface area contributed by atoms with Crippen LogP contribution in [0.1, 0.15) is 32.0 Å². The molecule has 1 rings (SSSR count). The number of rotatable bonds is 5. The molecule has 2 atom stereocenters. The number of likely N-dealkylation sites (N-methyl/N-ethyl adjacent to an activating group) is 1. The zero-order valence-electron chi connectivity index (χ0n) is 10.3. The zero-order valence-corrected chi connectivity index (χ0v) is 11.0. The Bertz CT molecular complexity index is 327. The Balaban J connectivity index is 2.75. The van der Waals surface area contributed by atoms with Gasteiger partial charge in [0, 0.05) is 11.7 Å². The van der Waals surface area contributed by atoms with E-state index in [2.05, 4.69) is 17.3 Å². The van der Waals surface area contributed by atoms with Gasteiger partial charge in [0.1, 0.15) is 0 Å².